The summed E-state index contributed by atoms with van der Waals surface area (Å²) in [7, 11) is 0. The molecule has 0 aromatic heterocycles. The van der Waals surface area contributed by atoms with Crippen LogP contribution in [-0.4, -0.2) is 24.5 Å². The number of hydrogen-bond donors (Lipinski definition) is 2. The van der Waals surface area contributed by atoms with Crippen molar-refractivity contribution in [1.29, 1.82) is 0 Å². The van der Waals surface area contributed by atoms with Gasteiger partial charge < -0.3 is 11.1 Å². The quantitative estimate of drug-likeness (QED) is 0.490. The largest absolute Gasteiger partial charge is 0.370 e. The minimum Gasteiger partial charge on any atom is -0.370 e. The van der Waals surface area contributed by atoms with E-state index in [4.69, 9.17) is 5.73 Å². The number of nitrogens with zero attached hydrogens (tertiary/aromatic N) is 1. The van der Waals surface area contributed by atoms with Crippen LogP contribution < -0.4 is 11.1 Å². The summed E-state index contributed by atoms with van der Waals surface area (Å²) >= 11 is 0. The SMILES string of the molecule is CC(C)(C)NC(N)=NCC(F)F. The molecule has 0 aromatic carbocycles. The Morgan fingerprint density at radius 1 is 1.50 bits per heavy atom. The zero-order valence-electron chi connectivity index (χ0n) is 7.56. The predicted molar refractivity (Wildman–Crippen MR) is 45.4 cm³/mol. The van der Waals surface area contributed by atoms with Gasteiger partial charge in [0.2, 0.25) is 0 Å². The summed E-state index contributed by atoms with van der Waals surface area (Å²) in [4.78, 5) is 3.44. The summed E-state index contributed by atoms with van der Waals surface area (Å²) in [6, 6.07) is 0. The first-order valence-corrected chi connectivity index (χ1v) is 3.67. The van der Waals surface area contributed by atoms with E-state index in [0.717, 1.165) is 0 Å². The highest BCUT2D eigenvalue weighted by Gasteiger charge is 2.10. The van der Waals surface area contributed by atoms with E-state index in [1.165, 1.54) is 0 Å². The first kappa shape index (κ1) is 11.1. The predicted octanol–water partition coefficient (Wildman–Crippen LogP) is 0.954. The van der Waals surface area contributed by atoms with Gasteiger partial charge in [0.25, 0.3) is 6.43 Å². The molecule has 0 fully saturated rings. The van der Waals surface area contributed by atoms with Crippen molar-refractivity contribution < 1.29 is 8.78 Å². The highest BCUT2D eigenvalue weighted by molar-refractivity contribution is 5.78. The van der Waals surface area contributed by atoms with Crippen molar-refractivity contribution >= 4 is 5.96 Å². The summed E-state index contributed by atoms with van der Waals surface area (Å²) < 4.78 is 23.3. The maximum Gasteiger partial charge on any atom is 0.257 e. The highest BCUT2D eigenvalue weighted by Crippen LogP contribution is 1.97. The van der Waals surface area contributed by atoms with Crippen LogP contribution in [0.15, 0.2) is 4.99 Å². The van der Waals surface area contributed by atoms with Gasteiger partial charge in [-0.2, -0.15) is 0 Å². The Hall–Kier alpha value is -0.870. The second-order valence-corrected chi connectivity index (χ2v) is 3.49. The van der Waals surface area contributed by atoms with Crippen molar-refractivity contribution in [3.8, 4) is 0 Å². The fraction of sp³-hybridized carbons (Fsp3) is 0.857. The van der Waals surface area contributed by atoms with E-state index in [0.29, 0.717) is 0 Å². The van der Waals surface area contributed by atoms with Gasteiger partial charge >= 0.3 is 0 Å². The van der Waals surface area contributed by atoms with Crippen LogP contribution in [0.5, 0.6) is 0 Å². The van der Waals surface area contributed by atoms with Crippen molar-refractivity contribution in [1.82, 2.24) is 5.32 Å². The molecule has 5 heteroatoms. The molecule has 0 radical (unpaired) electrons. The third-order valence-corrected chi connectivity index (χ3v) is 0.903. The number of nitrogens with two attached hydrogens (primary N) is 1. The van der Waals surface area contributed by atoms with E-state index in [2.05, 4.69) is 10.3 Å². The first-order valence-electron chi connectivity index (χ1n) is 3.67. The molecule has 0 unspecified atom stereocenters. The van der Waals surface area contributed by atoms with E-state index in [1.807, 2.05) is 20.8 Å². The lowest BCUT2D eigenvalue weighted by Crippen LogP contribution is -2.45. The minimum atomic E-state index is -2.44. The number of rotatable bonds is 2. The summed E-state index contributed by atoms with van der Waals surface area (Å²) in [5.41, 5.74) is 5.07. The Balaban J connectivity index is 3.86. The smallest absolute Gasteiger partial charge is 0.257 e. The number of guanidine groups is 1. The number of aliphatic imine (C=N–C) groups is 1. The van der Waals surface area contributed by atoms with Gasteiger partial charge in [0, 0.05) is 5.54 Å². The van der Waals surface area contributed by atoms with Gasteiger partial charge in [-0.3, -0.25) is 0 Å². The van der Waals surface area contributed by atoms with Gasteiger partial charge in [0.1, 0.15) is 6.54 Å². The van der Waals surface area contributed by atoms with Crippen molar-refractivity contribution in [2.24, 2.45) is 10.7 Å². The van der Waals surface area contributed by atoms with Crippen molar-refractivity contribution in [2.75, 3.05) is 6.54 Å². The molecule has 0 aromatic rings. The monoisotopic (exact) mass is 179 g/mol. The molecular weight excluding hydrogens is 164 g/mol. The molecule has 0 heterocycles. The zero-order chi connectivity index (χ0) is 9.78. The van der Waals surface area contributed by atoms with Crippen LogP contribution in [-0.2, 0) is 0 Å². The number of nitrogens with one attached hydrogen (secondary N) is 1. The molecule has 3 nitrogen and oxygen atoms in total. The van der Waals surface area contributed by atoms with Crippen LogP contribution in [0.1, 0.15) is 20.8 Å². The van der Waals surface area contributed by atoms with Gasteiger partial charge in [-0.1, -0.05) is 0 Å². The van der Waals surface area contributed by atoms with Gasteiger partial charge in [-0.15, -0.1) is 0 Å². The normalized spacial score (nSPS) is 13.7. The van der Waals surface area contributed by atoms with E-state index >= 15 is 0 Å². The van der Waals surface area contributed by atoms with E-state index in [-0.39, 0.29) is 11.5 Å². The molecule has 0 rings (SSSR count). The van der Waals surface area contributed by atoms with Gasteiger partial charge in [-0.05, 0) is 20.8 Å². The summed E-state index contributed by atoms with van der Waals surface area (Å²) in [5, 5.41) is 2.77. The average molecular weight is 179 g/mol. The molecule has 0 aliphatic heterocycles. The molecule has 0 bridgehead atoms. The van der Waals surface area contributed by atoms with Crippen LogP contribution in [0.2, 0.25) is 0 Å². The van der Waals surface area contributed by atoms with Crippen molar-refractivity contribution in [3.05, 3.63) is 0 Å². The average Bonchev–Trinajstić information content (AvgIpc) is 1.79. The van der Waals surface area contributed by atoms with E-state index in [1.54, 1.807) is 0 Å². The Kier molecular flexibility index (Phi) is 3.92. The molecule has 0 spiro atoms. The molecule has 0 aliphatic carbocycles. The van der Waals surface area contributed by atoms with Crippen molar-refractivity contribution in [2.45, 2.75) is 32.7 Å². The Labute approximate surface area is 71.0 Å². The molecule has 12 heavy (non-hydrogen) atoms. The topological polar surface area (TPSA) is 50.4 Å². The van der Waals surface area contributed by atoms with Crippen LogP contribution in [0.25, 0.3) is 0 Å². The minimum absolute atomic E-state index is 0.0581. The molecule has 72 valence electrons. The summed E-state index contributed by atoms with van der Waals surface area (Å²) in [6.07, 6.45) is -2.44. The van der Waals surface area contributed by atoms with Gasteiger partial charge in [-0.25, -0.2) is 13.8 Å². The van der Waals surface area contributed by atoms with E-state index in [9.17, 15) is 8.78 Å². The zero-order valence-corrected chi connectivity index (χ0v) is 7.56. The maximum absolute atomic E-state index is 11.6. The lowest BCUT2D eigenvalue weighted by molar-refractivity contribution is 0.158. The Morgan fingerprint density at radius 2 is 2.00 bits per heavy atom. The summed E-state index contributed by atoms with van der Waals surface area (Å²) in [5.74, 6) is 0.0581. The van der Waals surface area contributed by atoms with Crippen molar-refractivity contribution in [3.63, 3.8) is 0 Å². The van der Waals surface area contributed by atoms with Crippen LogP contribution >= 0.6 is 0 Å². The van der Waals surface area contributed by atoms with Crippen LogP contribution in [0.4, 0.5) is 8.78 Å². The molecule has 3 N–H and O–H groups in total. The van der Waals surface area contributed by atoms with Gasteiger partial charge in [0.05, 0.1) is 0 Å². The maximum atomic E-state index is 11.6. The first-order chi connectivity index (χ1) is 5.31. The number of halogens is 2. The molecule has 0 saturated carbocycles. The lowest BCUT2D eigenvalue weighted by atomic mass is 10.1. The van der Waals surface area contributed by atoms with E-state index < -0.39 is 13.0 Å². The Bertz CT molecular complexity index is 161. The highest BCUT2D eigenvalue weighted by atomic mass is 19.3. The Morgan fingerprint density at radius 3 is 2.33 bits per heavy atom. The van der Waals surface area contributed by atoms with Crippen LogP contribution in [0.3, 0.4) is 0 Å². The molecular formula is C7H15F2N3. The molecule has 0 aliphatic rings. The second-order valence-electron chi connectivity index (χ2n) is 3.49. The summed E-state index contributed by atoms with van der Waals surface area (Å²) in [6.45, 7) is 5.07. The third-order valence-electron chi connectivity index (χ3n) is 0.903. The number of alkyl halides is 2. The molecule has 0 amide bonds. The molecule has 0 saturated heterocycles. The fourth-order valence-corrected chi connectivity index (χ4v) is 0.591. The molecule has 0 atom stereocenters. The van der Waals surface area contributed by atoms with Crippen LogP contribution in [0, 0.1) is 0 Å². The standard InChI is InChI=1S/C7H15F2N3/c1-7(2,3)12-6(10)11-4-5(8)9/h5H,4H2,1-3H3,(H3,10,11,12). The fourth-order valence-electron chi connectivity index (χ4n) is 0.591. The number of hydrogen-bond acceptors (Lipinski definition) is 1. The van der Waals surface area contributed by atoms with Gasteiger partial charge in [0.15, 0.2) is 5.96 Å². The second kappa shape index (κ2) is 4.23. The third kappa shape index (κ3) is 7.24. The lowest BCUT2D eigenvalue weighted by Gasteiger charge is -2.20.